The van der Waals surface area contributed by atoms with E-state index >= 15 is 0 Å². The zero-order chi connectivity index (χ0) is 22.2. The highest BCUT2D eigenvalue weighted by molar-refractivity contribution is 7.98. The van der Waals surface area contributed by atoms with Crippen LogP contribution in [-0.2, 0) is 0 Å². The van der Waals surface area contributed by atoms with Gasteiger partial charge in [-0.3, -0.25) is 4.79 Å². The van der Waals surface area contributed by atoms with Crippen LogP contribution in [0.3, 0.4) is 0 Å². The van der Waals surface area contributed by atoms with Crippen molar-refractivity contribution < 1.29 is 13.9 Å². The van der Waals surface area contributed by atoms with Gasteiger partial charge in [-0.05, 0) is 55.9 Å². The van der Waals surface area contributed by atoms with Gasteiger partial charge in [0.15, 0.2) is 5.65 Å². The number of rotatable bonds is 6. The molecule has 0 radical (unpaired) electrons. The van der Waals surface area contributed by atoms with Crippen molar-refractivity contribution in [3.05, 3.63) is 71.7 Å². The van der Waals surface area contributed by atoms with Crippen LogP contribution in [0.1, 0.15) is 28.8 Å². The van der Waals surface area contributed by atoms with Gasteiger partial charge in [0.25, 0.3) is 5.91 Å². The van der Waals surface area contributed by atoms with E-state index in [1.54, 1.807) is 28.9 Å². The van der Waals surface area contributed by atoms with E-state index in [1.165, 1.54) is 23.9 Å². The number of hydrogen-bond donors (Lipinski definition) is 1. The van der Waals surface area contributed by atoms with E-state index in [4.69, 9.17) is 4.74 Å². The molecular weight excluding hydrogens is 427 g/mol. The van der Waals surface area contributed by atoms with E-state index < -0.39 is 0 Å². The van der Waals surface area contributed by atoms with Crippen molar-refractivity contribution in [1.29, 1.82) is 0 Å². The highest BCUT2D eigenvalue weighted by Crippen LogP contribution is 2.31. The number of aryl methyl sites for hydroxylation is 1. The number of carbonyl (C=O) groups excluding carboxylic acids is 1. The van der Waals surface area contributed by atoms with Crippen molar-refractivity contribution in [2.75, 3.05) is 6.26 Å². The number of nitrogens with zero attached hydrogens (tertiary/aromatic N) is 3. The smallest absolute Gasteiger partial charge is 0.251 e. The Balaban J connectivity index is 1.52. The molecule has 2 aromatic carbocycles. The number of halogens is 1. The summed E-state index contributed by atoms with van der Waals surface area (Å²) in [5.74, 6) is 0.290. The SMILES string of the molecule is CSc1cc(Oc2cccc(F)c2)nn2c(-c3ccc(C(=O)NC4CC4)c(C)c3)cnc12. The fourth-order valence-corrected chi connectivity index (χ4v) is 4.08. The van der Waals surface area contributed by atoms with Gasteiger partial charge in [-0.25, -0.2) is 13.9 Å². The van der Waals surface area contributed by atoms with Gasteiger partial charge in [0.2, 0.25) is 5.88 Å². The molecule has 1 fully saturated rings. The second-order valence-electron chi connectivity index (χ2n) is 7.77. The number of ether oxygens (including phenoxy) is 1. The molecule has 0 saturated heterocycles. The zero-order valence-corrected chi connectivity index (χ0v) is 18.4. The van der Waals surface area contributed by atoms with Crippen molar-refractivity contribution in [3.63, 3.8) is 0 Å². The lowest BCUT2D eigenvalue weighted by atomic mass is 10.0. The average molecular weight is 449 g/mol. The summed E-state index contributed by atoms with van der Waals surface area (Å²) in [6, 6.07) is 13.7. The number of benzene rings is 2. The summed E-state index contributed by atoms with van der Waals surface area (Å²) in [5.41, 5.74) is 3.92. The summed E-state index contributed by atoms with van der Waals surface area (Å²) in [6.07, 6.45) is 5.81. The van der Waals surface area contributed by atoms with Gasteiger partial charge in [0, 0.05) is 29.3 Å². The molecule has 0 aliphatic heterocycles. The van der Waals surface area contributed by atoms with E-state index in [0.29, 0.717) is 28.9 Å². The molecule has 5 rings (SSSR count). The van der Waals surface area contributed by atoms with Crippen molar-refractivity contribution >= 4 is 23.3 Å². The summed E-state index contributed by atoms with van der Waals surface area (Å²) in [4.78, 5) is 17.9. The van der Waals surface area contributed by atoms with Crippen LogP contribution in [0.2, 0.25) is 0 Å². The maximum Gasteiger partial charge on any atom is 0.251 e. The zero-order valence-electron chi connectivity index (χ0n) is 17.6. The van der Waals surface area contributed by atoms with Crippen LogP contribution >= 0.6 is 11.8 Å². The fraction of sp³-hybridized carbons (Fsp3) is 0.208. The Kier molecular flexibility index (Phi) is 5.30. The fourth-order valence-electron chi connectivity index (χ4n) is 3.54. The van der Waals surface area contributed by atoms with Crippen LogP contribution in [0.5, 0.6) is 11.6 Å². The Morgan fingerprint density at radius 1 is 1.22 bits per heavy atom. The lowest BCUT2D eigenvalue weighted by molar-refractivity contribution is 0.0950. The molecule has 1 amide bonds. The van der Waals surface area contributed by atoms with Crippen LogP contribution in [0.25, 0.3) is 16.9 Å². The van der Waals surface area contributed by atoms with Crippen LogP contribution in [0, 0.1) is 12.7 Å². The molecule has 2 heterocycles. The number of carbonyl (C=O) groups is 1. The number of amides is 1. The predicted octanol–water partition coefficient (Wildman–Crippen LogP) is 5.25. The maximum absolute atomic E-state index is 13.6. The van der Waals surface area contributed by atoms with Gasteiger partial charge in [0.05, 0.1) is 16.8 Å². The van der Waals surface area contributed by atoms with Gasteiger partial charge >= 0.3 is 0 Å². The largest absolute Gasteiger partial charge is 0.437 e. The van der Waals surface area contributed by atoms with Crippen molar-refractivity contribution in [1.82, 2.24) is 19.9 Å². The normalized spacial score (nSPS) is 13.3. The van der Waals surface area contributed by atoms with E-state index in [9.17, 15) is 9.18 Å². The minimum absolute atomic E-state index is 0.0386. The topological polar surface area (TPSA) is 68.5 Å². The maximum atomic E-state index is 13.6. The summed E-state index contributed by atoms with van der Waals surface area (Å²) in [5, 5.41) is 7.63. The minimum atomic E-state index is -0.377. The van der Waals surface area contributed by atoms with Gasteiger partial charge in [0.1, 0.15) is 11.6 Å². The molecule has 1 N–H and O–H groups in total. The molecule has 32 heavy (non-hydrogen) atoms. The third-order valence-electron chi connectivity index (χ3n) is 5.33. The molecule has 8 heteroatoms. The average Bonchev–Trinajstić information content (AvgIpc) is 3.48. The van der Waals surface area contributed by atoms with Gasteiger partial charge < -0.3 is 10.1 Å². The van der Waals surface area contributed by atoms with E-state index in [-0.39, 0.29) is 11.7 Å². The van der Waals surface area contributed by atoms with Crippen molar-refractivity contribution in [2.45, 2.75) is 30.7 Å². The summed E-state index contributed by atoms with van der Waals surface area (Å²) in [6.45, 7) is 1.92. The number of fused-ring (bicyclic) bond motifs is 1. The number of hydrogen-bond acceptors (Lipinski definition) is 5. The lowest BCUT2D eigenvalue weighted by Gasteiger charge is -2.11. The molecule has 1 saturated carbocycles. The summed E-state index contributed by atoms with van der Waals surface area (Å²) < 4.78 is 21.1. The number of aromatic nitrogens is 3. The highest BCUT2D eigenvalue weighted by atomic mass is 32.2. The van der Waals surface area contributed by atoms with Crippen LogP contribution in [0.4, 0.5) is 4.39 Å². The number of nitrogens with one attached hydrogen (secondary N) is 1. The number of thioether (sulfide) groups is 1. The second-order valence-corrected chi connectivity index (χ2v) is 8.61. The Bertz CT molecular complexity index is 1330. The van der Waals surface area contributed by atoms with Gasteiger partial charge in [-0.1, -0.05) is 12.1 Å². The molecule has 162 valence electrons. The second kappa shape index (κ2) is 8.27. The van der Waals surface area contributed by atoms with Gasteiger partial charge in [-0.15, -0.1) is 16.9 Å². The first-order valence-corrected chi connectivity index (χ1v) is 11.5. The third-order valence-corrected chi connectivity index (χ3v) is 6.07. The molecular formula is C24H21FN4O2S. The van der Waals surface area contributed by atoms with Crippen molar-refractivity contribution in [2.24, 2.45) is 0 Å². The van der Waals surface area contributed by atoms with E-state index in [1.807, 2.05) is 31.4 Å². The predicted molar refractivity (Wildman–Crippen MR) is 122 cm³/mol. The third kappa shape index (κ3) is 4.05. The molecule has 2 aromatic heterocycles. The van der Waals surface area contributed by atoms with Crippen LogP contribution < -0.4 is 10.1 Å². The number of imidazole rings is 1. The Hall–Kier alpha value is -3.39. The standard InChI is InChI=1S/C24H21FN4O2S/c1-14-10-15(6-9-19(14)24(30)27-17-7-8-17)20-13-26-23-21(32-2)12-22(28-29(20)23)31-18-5-3-4-16(25)11-18/h3-6,9-13,17H,7-8H2,1-2H3,(H,27,30). The first-order valence-electron chi connectivity index (χ1n) is 10.3. The molecule has 0 spiro atoms. The molecule has 1 aliphatic carbocycles. The van der Waals surface area contributed by atoms with E-state index in [0.717, 1.165) is 34.6 Å². The molecule has 6 nitrogen and oxygen atoms in total. The Labute approximate surface area is 188 Å². The molecule has 4 aromatic rings. The monoisotopic (exact) mass is 448 g/mol. The first kappa shape index (κ1) is 20.5. The molecule has 0 unspecified atom stereocenters. The Morgan fingerprint density at radius 3 is 2.78 bits per heavy atom. The lowest BCUT2D eigenvalue weighted by Crippen LogP contribution is -2.26. The minimum Gasteiger partial charge on any atom is -0.437 e. The summed E-state index contributed by atoms with van der Waals surface area (Å²) in [7, 11) is 0. The van der Waals surface area contributed by atoms with Crippen LogP contribution in [-0.4, -0.2) is 32.8 Å². The molecule has 0 bridgehead atoms. The highest BCUT2D eigenvalue weighted by Gasteiger charge is 2.24. The Morgan fingerprint density at radius 2 is 2.06 bits per heavy atom. The quantitative estimate of drug-likeness (QED) is 0.408. The molecule has 0 atom stereocenters. The first-order chi connectivity index (χ1) is 15.5. The van der Waals surface area contributed by atoms with Crippen LogP contribution in [0.15, 0.2) is 59.6 Å². The molecule has 1 aliphatic rings. The summed E-state index contributed by atoms with van der Waals surface area (Å²) >= 11 is 1.53. The van der Waals surface area contributed by atoms with E-state index in [2.05, 4.69) is 15.4 Å². The van der Waals surface area contributed by atoms with Crippen molar-refractivity contribution in [3.8, 4) is 22.9 Å². The van der Waals surface area contributed by atoms with Gasteiger partial charge in [-0.2, -0.15) is 0 Å².